The van der Waals surface area contributed by atoms with Crippen molar-refractivity contribution in [2.24, 2.45) is 10.7 Å². The maximum atomic E-state index is 5.85. The van der Waals surface area contributed by atoms with Crippen molar-refractivity contribution in [1.82, 2.24) is 5.32 Å². The fraction of sp³-hybridized carbons (Fsp3) is 0.500. The van der Waals surface area contributed by atoms with E-state index in [1.807, 2.05) is 0 Å². The minimum absolute atomic E-state index is 0.436. The van der Waals surface area contributed by atoms with Gasteiger partial charge in [-0.2, -0.15) is 0 Å². The van der Waals surface area contributed by atoms with E-state index in [9.17, 15) is 0 Å². The number of nitrogens with two attached hydrogens (primary N) is 1. The first-order valence-electron chi connectivity index (χ1n) is 6.43. The Hall–Kier alpha value is -1.51. The van der Waals surface area contributed by atoms with Crippen LogP contribution < -0.4 is 11.1 Å². The molecule has 92 valence electrons. The summed E-state index contributed by atoms with van der Waals surface area (Å²) in [6.45, 7) is 2.91. The zero-order chi connectivity index (χ0) is 12.1. The first-order valence-corrected chi connectivity index (χ1v) is 6.43. The quantitative estimate of drug-likeness (QED) is 0.616. The summed E-state index contributed by atoms with van der Waals surface area (Å²) in [6.07, 6.45) is 4.36. The number of aliphatic imine (C=N–C) groups is 1. The summed E-state index contributed by atoms with van der Waals surface area (Å²) >= 11 is 0. The minimum atomic E-state index is 0.436. The molecule has 3 heteroatoms. The van der Waals surface area contributed by atoms with E-state index in [0.717, 1.165) is 32.2 Å². The maximum Gasteiger partial charge on any atom is 0.188 e. The topological polar surface area (TPSA) is 50.4 Å². The van der Waals surface area contributed by atoms with Gasteiger partial charge in [-0.25, -0.2) is 0 Å². The van der Waals surface area contributed by atoms with Gasteiger partial charge < -0.3 is 11.1 Å². The van der Waals surface area contributed by atoms with Crippen LogP contribution in [0.5, 0.6) is 0 Å². The second-order valence-electron chi connectivity index (χ2n) is 4.62. The Morgan fingerprint density at radius 1 is 1.41 bits per heavy atom. The van der Waals surface area contributed by atoms with Crippen LogP contribution in [0.25, 0.3) is 0 Å². The van der Waals surface area contributed by atoms with Crippen molar-refractivity contribution in [3.05, 3.63) is 35.4 Å². The van der Waals surface area contributed by atoms with Crippen LogP contribution >= 0.6 is 0 Å². The molecule has 1 aliphatic carbocycles. The van der Waals surface area contributed by atoms with Gasteiger partial charge in [0.1, 0.15) is 0 Å². The predicted octanol–water partition coefficient (Wildman–Crippen LogP) is 1.86. The van der Waals surface area contributed by atoms with Crippen LogP contribution in [0, 0.1) is 0 Å². The van der Waals surface area contributed by atoms with Crippen molar-refractivity contribution < 1.29 is 0 Å². The van der Waals surface area contributed by atoms with Gasteiger partial charge in [0.05, 0.1) is 0 Å². The molecule has 0 radical (unpaired) electrons. The molecule has 0 aliphatic heterocycles. The van der Waals surface area contributed by atoms with Gasteiger partial charge in [-0.1, -0.05) is 31.2 Å². The lowest BCUT2D eigenvalue weighted by molar-refractivity contribution is 0.526. The van der Waals surface area contributed by atoms with Crippen molar-refractivity contribution in [2.75, 3.05) is 6.54 Å². The summed E-state index contributed by atoms with van der Waals surface area (Å²) in [4.78, 5) is 4.28. The van der Waals surface area contributed by atoms with Gasteiger partial charge in [-0.15, -0.1) is 0 Å². The number of guanidine groups is 1. The summed E-state index contributed by atoms with van der Waals surface area (Å²) in [5.74, 6) is 0.594. The fourth-order valence-electron chi connectivity index (χ4n) is 2.31. The zero-order valence-corrected chi connectivity index (χ0v) is 10.4. The SMILES string of the molecule is CCCN=C(N)NC1CCc2ccccc2C1. The zero-order valence-electron chi connectivity index (χ0n) is 10.4. The van der Waals surface area contributed by atoms with Crippen LogP contribution in [-0.4, -0.2) is 18.5 Å². The van der Waals surface area contributed by atoms with E-state index < -0.39 is 0 Å². The summed E-state index contributed by atoms with van der Waals surface area (Å²) in [5, 5.41) is 3.32. The lowest BCUT2D eigenvalue weighted by Gasteiger charge is -2.25. The maximum absolute atomic E-state index is 5.85. The Bertz CT molecular complexity index is 398. The largest absolute Gasteiger partial charge is 0.370 e. The second kappa shape index (κ2) is 5.71. The number of hydrogen-bond donors (Lipinski definition) is 2. The molecule has 1 aliphatic rings. The van der Waals surface area contributed by atoms with E-state index in [4.69, 9.17) is 5.73 Å². The minimum Gasteiger partial charge on any atom is -0.370 e. The van der Waals surface area contributed by atoms with Gasteiger partial charge in [-0.05, 0) is 36.8 Å². The third kappa shape index (κ3) is 3.22. The highest BCUT2D eigenvalue weighted by molar-refractivity contribution is 5.78. The van der Waals surface area contributed by atoms with E-state index in [1.54, 1.807) is 0 Å². The molecule has 1 unspecified atom stereocenters. The first-order chi connectivity index (χ1) is 8.29. The summed E-state index contributed by atoms with van der Waals surface area (Å²) < 4.78 is 0. The van der Waals surface area contributed by atoms with Crippen molar-refractivity contribution in [2.45, 2.75) is 38.6 Å². The predicted molar refractivity (Wildman–Crippen MR) is 72.2 cm³/mol. The van der Waals surface area contributed by atoms with Gasteiger partial charge in [0.25, 0.3) is 0 Å². The van der Waals surface area contributed by atoms with Gasteiger partial charge in [-0.3, -0.25) is 4.99 Å². The number of aryl methyl sites for hydroxylation is 1. The lowest BCUT2D eigenvalue weighted by atomic mass is 9.88. The van der Waals surface area contributed by atoms with Crippen molar-refractivity contribution in [1.29, 1.82) is 0 Å². The standard InChI is InChI=1S/C14H21N3/c1-2-9-16-14(15)17-13-8-7-11-5-3-4-6-12(11)10-13/h3-6,13H,2,7-10H2,1H3,(H3,15,16,17). The molecule has 17 heavy (non-hydrogen) atoms. The summed E-state index contributed by atoms with van der Waals surface area (Å²) in [5.41, 5.74) is 8.77. The molecule has 3 nitrogen and oxygen atoms in total. The van der Waals surface area contributed by atoms with Gasteiger partial charge in [0, 0.05) is 12.6 Å². The van der Waals surface area contributed by atoms with Gasteiger partial charge in [0.2, 0.25) is 0 Å². The molecule has 0 saturated carbocycles. The van der Waals surface area contributed by atoms with Gasteiger partial charge in [0.15, 0.2) is 5.96 Å². The monoisotopic (exact) mass is 231 g/mol. The van der Waals surface area contributed by atoms with Crippen molar-refractivity contribution in [3.8, 4) is 0 Å². The third-order valence-corrected chi connectivity index (χ3v) is 3.20. The molecule has 1 aromatic carbocycles. The summed E-state index contributed by atoms with van der Waals surface area (Å²) in [6, 6.07) is 9.09. The molecule has 1 atom stereocenters. The smallest absolute Gasteiger partial charge is 0.188 e. The molecular weight excluding hydrogens is 210 g/mol. The number of hydrogen-bond acceptors (Lipinski definition) is 1. The molecule has 0 spiro atoms. The van der Waals surface area contributed by atoms with E-state index in [-0.39, 0.29) is 0 Å². The molecule has 0 heterocycles. The van der Waals surface area contributed by atoms with Crippen LogP contribution in [0.3, 0.4) is 0 Å². The fourth-order valence-corrected chi connectivity index (χ4v) is 2.31. The first kappa shape index (κ1) is 12.0. The lowest BCUT2D eigenvalue weighted by Crippen LogP contribution is -2.43. The van der Waals surface area contributed by atoms with Crippen molar-refractivity contribution >= 4 is 5.96 Å². The Morgan fingerprint density at radius 3 is 2.94 bits per heavy atom. The number of fused-ring (bicyclic) bond motifs is 1. The Kier molecular flexibility index (Phi) is 4.02. The number of nitrogens with one attached hydrogen (secondary N) is 1. The Labute approximate surface area is 103 Å². The highest BCUT2D eigenvalue weighted by Gasteiger charge is 2.18. The van der Waals surface area contributed by atoms with Crippen LogP contribution in [-0.2, 0) is 12.8 Å². The van der Waals surface area contributed by atoms with E-state index in [0.29, 0.717) is 12.0 Å². The molecule has 2 rings (SSSR count). The highest BCUT2D eigenvalue weighted by atomic mass is 15.1. The van der Waals surface area contributed by atoms with Crippen LogP contribution in [0.1, 0.15) is 30.9 Å². The molecular formula is C14H21N3. The molecule has 0 aromatic heterocycles. The van der Waals surface area contributed by atoms with Crippen LogP contribution in [0.4, 0.5) is 0 Å². The highest BCUT2D eigenvalue weighted by Crippen LogP contribution is 2.20. The average Bonchev–Trinajstić information content (AvgIpc) is 2.36. The number of nitrogens with zero attached hydrogens (tertiary/aromatic N) is 1. The third-order valence-electron chi connectivity index (χ3n) is 3.20. The molecule has 0 bridgehead atoms. The normalized spacial score (nSPS) is 19.8. The second-order valence-corrected chi connectivity index (χ2v) is 4.62. The number of rotatable bonds is 3. The van der Waals surface area contributed by atoms with E-state index >= 15 is 0 Å². The van der Waals surface area contributed by atoms with Crippen molar-refractivity contribution in [3.63, 3.8) is 0 Å². The molecule has 1 aromatic rings. The molecule has 3 N–H and O–H groups in total. The van der Waals surface area contributed by atoms with E-state index in [1.165, 1.54) is 11.1 Å². The summed E-state index contributed by atoms with van der Waals surface area (Å²) in [7, 11) is 0. The van der Waals surface area contributed by atoms with Crippen LogP contribution in [0.2, 0.25) is 0 Å². The van der Waals surface area contributed by atoms with Gasteiger partial charge >= 0.3 is 0 Å². The Balaban J connectivity index is 1.94. The molecule has 0 saturated heterocycles. The van der Waals surface area contributed by atoms with E-state index in [2.05, 4.69) is 41.5 Å². The molecule has 0 amide bonds. The molecule has 0 fully saturated rings. The Morgan fingerprint density at radius 2 is 2.18 bits per heavy atom. The van der Waals surface area contributed by atoms with Crippen LogP contribution in [0.15, 0.2) is 29.3 Å². The number of benzene rings is 1. The average molecular weight is 231 g/mol.